The van der Waals surface area contributed by atoms with Gasteiger partial charge in [-0.2, -0.15) is 0 Å². The summed E-state index contributed by atoms with van der Waals surface area (Å²) in [5, 5.41) is 3.57. The van der Waals surface area contributed by atoms with Crippen LogP contribution in [0.4, 0.5) is 0 Å². The van der Waals surface area contributed by atoms with Gasteiger partial charge in [0.1, 0.15) is 0 Å². The molecule has 1 N–H and O–H groups in total. The lowest BCUT2D eigenvalue weighted by atomic mass is 9.83. The topological polar surface area (TPSA) is 21.3 Å². The average Bonchev–Trinajstić information content (AvgIpc) is 2.10. The molecule has 86 valence electrons. The second-order valence-corrected chi connectivity index (χ2v) is 4.69. The zero-order valence-electron chi connectivity index (χ0n) is 10.6. The maximum atomic E-state index is 5.30. The molecule has 2 nitrogen and oxygen atoms in total. The van der Waals surface area contributed by atoms with E-state index >= 15 is 0 Å². The van der Waals surface area contributed by atoms with Crippen molar-refractivity contribution in [3.8, 4) is 0 Å². The van der Waals surface area contributed by atoms with Gasteiger partial charge in [-0.25, -0.2) is 0 Å². The molecule has 0 amide bonds. The van der Waals surface area contributed by atoms with E-state index in [1.807, 2.05) is 0 Å². The van der Waals surface area contributed by atoms with E-state index in [1.165, 1.54) is 0 Å². The molecule has 0 aliphatic heterocycles. The Balaban J connectivity index is 4.37. The van der Waals surface area contributed by atoms with Crippen LogP contribution in [-0.4, -0.2) is 26.3 Å². The number of hydrogen-bond acceptors (Lipinski definition) is 2. The standard InChI is InChI=1S/C12H27NO/c1-7-13-12(10(4)5)11(8-14-6)9(2)3/h9-13H,7-8H2,1-6H3. The summed E-state index contributed by atoms with van der Waals surface area (Å²) in [7, 11) is 1.79. The van der Waals surface area contributed by atoms with Crippen LogP contribution >= 0.6 is 0 Å². The van der Waals surface area contributed by atoms with Crippen LogP contribution in [0.25, 0.3) is 0 Å². The highest BCUT2D eigenvalue weighted by Gasteiger charge is 2.26. The normalized spacial score (nSPS) is 16.3. The molecular formula is C12H27NO. The van der Waals surface area contributed by atoms with Crippen molar-refractivity contribution in [2.75, 3.05) is 20.3 Å². The van der Waals surface area contributed by atoms with Gasteiger partial charge in [-0.1, -0.05) is 34.6 Å². The predicted molar refractivity (Wildman–Crippen MR) is 62.5 cm³/mol. The summed E-state index contributed by atoms with van der Waals surface area (Å²) in [6.45, 7) is 13.2. The summed E-state index contributed by atoms with van der Waals surface area (Å²) in [6, 6.07) is 0.569. The first-order chi connectivity index (χ1) is 6.54. The third-order valence-electron chi connectivity index (χ3n) is 2.83. The number of methoxy groups -OCH3 is 1. The molecular weight excluding hydrogens is 174 g/mol. The molecule has 0 rings (SSSR count). The molecule has 0 fully saturated rings. The van der Waals surface area contributed by atoms with E-state index in [2.05, 4.69) is 39.9 Å². The van der Waals surface area contributed by atoms with Crippen LogP contribution in [0.3, 0.4) is 0 Å². The van der Waals surface area contributed by atoms with Gasteiger partial charge in [-0.15, -0.1) is 0 Å². The van der Waals surface area contributed by atoms with Crippen molar-refractivity contribution in [2.24, 2.45) is 17.8 Å². The predicted octanol–water partition coefficient (Wildman–Crippen LogP) is 2.54. The van der Waals surface area contributed by atoms with Crippen LogP contribution in [0.1, 0.15) is 34.6 Å². The Morgan fingerprint density at radius 1 is 1.07 bits per heavy atom. The van der Waals surface area contributed by atoms with Crippen molar-refractivity contribution in [2.45, 2.75) is 40.7 Å². The van der Waals surface area contributed by atoms with Crippen molar-refractivity contribution in [1.29, 1.82) is 0 Å². The Morgan fingerprint density at radius 3 is 1.93 bits per heavy atom. The smallest absolute Gasteiger partial charge is 0.0507 e. The molecule has 0 radical (unpaired) electrons. The zero-order chi connectivity index (χ0) is 11.1. The van der Waals surface area contributed by atoms with E-state index in [0.717, 1.165) is 13.2 Å². The van der Waals surface area contributed by atoms with E-state index in [0.29, 0.717) is 23.8 Å². The molecule has 0 heterocycles. The van der Waals surface area contributed by atoms with E-state index in [1.54, 1.807) is 7.11 Å². The second kappa shape index (κ2) is 7.24. The Morgan fingerprint density at radius 2 is 1.64 bits per heavy atom. The number of nitrogens with one attached hydrogen (secondary N) is 1. The largest absolute Gasteiger partial charge is 0.384 e. The molecule has 0 saturated heterocycles. The summed E-state index contributed by atoms with van der Waals surface area (Å²) in [4.78, 5) is 0. The van der Waals surface area contributed by atoms with E-state index < -0.39 is 0 Å². The van der Waals surface area contributed by atoms with Gasteiger partial charge in [0.05, 0.1) is 6.61 Å². The Hall–Kier alpha value is -0.0800. The quantitative estimate of drug-likeness (QED) is 0.683. The van der Waals surface area contributed by atoms with E-state index in [-0.39, 0.29) is 0 Å². The Bertz CT molecular complexity index is 118. The summed E-state index contributed by atoms with van der Waals surface area (Å²) in [5.74, 6) is 1.94. The zero-order valence-corrected chi connectivity index (χ0v) is 10.6. The molecule has 0 aliphatic rings. The summed E-state index contributed by atoms with van der Waals surface area (Å²) in [5.41, 5.74) is 0. The maximum Gasteiger partial charge on any atom is 0.0507 e. The molecule has 0 aliphatic carbocycles. The molecule has 0 aromatic rings. The third kappa shape index (κ3) is 4.43. The van der Waals surface area contributed by atoms with E-state index in [9.17, 15) is 0 Å². The molecule has 14 heavy (non-hydrogen) atoms. The summed E-state index contributed by atoms with van der Waals surface area (Å²) < 4.78 is 5.30. The van der Waals surface area contributed by atoms with Crippen LogP contribution < -0.4 is 5.32 Å². The average molecular weight is 201 g/mol. The number of ether oxygens (including phenoxy) is 1. The Labute approximate surface area is 89.4 Å². The number of hydrogen-bond donors (Lipinski definition) is 1. The Kier molecular flexibility index (Phi) is 7.20. The molecule has 0 aromatic heterocycles. The fourth-order valence-corrected chi connectivity index (χ4v) is 2.02. The molecule has 2 unspecified atom stereocenters. The fourth-order valence-electron chi connectivity index (χ4n) is 2.02. The monoisotopic (exact) mass is 201 g/mol. The van der Waals surface area contributed by atoms with Crippen LogP contribution in [0, 0.1) is 17.8 Å². The molecule has 0 aromatic carbocycles. The molecule has 2 heteroatoms. The van der Waals surface area contributed by atoms with Gasteiger partial charge >= 0.3 is 0 Å². The van der Waals surface area contributed by atoms with Gasteiger partial charge in [-0.3, -0.25) is 0 Å². The summed E-state index contributed by atoms with van der Waals surface area (Å²) >= 11 is 0. The maximum absolute atomic E-state index is 5.30. The SMILES string of the molecule is CCNC(C(C)C)C(COC)C(C)C. The molecule has 0 bridgehead atoms. The van der Waals surface area contributed by atoms with Gasteiger partial charge < -0.3 is 10.1 Å². The van der Waals surface area contributed by atoms with Crippen LogP contribution in [-0.2, 0) is 4.74 Å². The van der Waals surface area contributed by atoms with Crippen molar-refractivity contribution in [3.05, 3.63) is 0 Å². The van der Waals surface area contributed by atoms with Crippen molar-refractivity contribution < 1.29 is 4.74 Å². The lowest BCUT2D eigenvalue weighted by molar-refractivity contribution is 0.0908. The lowest BCUT2D eigenvalue weighted by Crippen LogP contribution is -2.44. The molecule has 0 saturated carbocycles. The fraction of sp³-hybridized carbons (Fsp3) is 1.00. The van der Waals surface area contributed by atoms with Gasteiger partial charge in [-0.05, 0) is 18.4 Å². The van der Waals surface area contributed by atoms with Crippen molar-refractivity contribution in [3.63, 3.8) is 0 Å². The number of rotatable bonds is 7. The first-order valence-corrected chi connectivity index (χ1v) is 5.76. The van der Waals surface area contributed by atoms with E-state index in [4.69, 9.17) is 4.74 Å². The van der Waals surface area contributed by atoms with Gasteiger partial charge in [0.15, 0.2) is 0 Å². The van der Waals surface area contributed by atoms with Gasteiger partial charge in [0.2, 0.25) is 0 Å². The van der Waals surface area contributed by atoms with Crippen molar-refractivity contribution >= 4 is 0 Å². The second-order valence-electron chi connectivity index (χ2n) is 4.69. The van der Waals surface area contributed by atoms with Gasteiger partial charge in [0, 0.05) is 19.1 Å². The lowest BCUT2D eigenvalue weighted by Gasteiger charge is -2.33. The highest BCUT2D eigenvalue weighted by molar-refractivity contribution is 4.80. The minimum Gasteiger partial charge on any atom is -0.384 e. The molecule has 0 spiro atoms. The van der Waals surface area contributed by atoms with Gasteiger partial charge in [0.25, 0.3) is 0 Å². The highest BCUT2D eigenvalue weighted by Crippen LogP contribution is 2.21. The minimum absolute atomic E-state index is 0.569. The third-order valence-corrected chi connectivity index (χ3v) is 2.83. The summed E-state index contributed by atoms with van der Waals surface area (Å²) in [6.07, 6.45) is 0. The highest BCUT2D eigenvalue weighted by atomic mass is 16.5. The van der Waals surface area contributed by atoms with Crippen LogP contribution in [0.2, 0.25) is 0 Å². The first-order valence-electron chi connectivity index (χ1n) is 5.76. The van der Waals surface area contributed by atoms with Crippen LogP contribution in [0.15, 0.2) is 0 Å². The van der Waals surface area contributed by atoms with Crippen LogP contribution in [0.5, 0.6) is 0 Å². The minimum atomic E-state index is 0.569. The molecule has 2 atom stereocenters. The first kappa shape index (κ1) is 13.9. The van der Waals surface area contributed by atoms with Crippen molar-refractivity contribution in [1.82, 2.24) is 5.32 Å².